The Balaban J connectivity index is 1.55. The highest BCUT2D eigenvalue weighted by molar-refractivity contribution is 6.00. The molecule has 0 unspecified atom stereocenters. The number of aryl methyl sites for hydroxylation is 1. The Kier molecular flexibility index (Phi) is 5.26. The summed E-state index contributed by atoms with van der Waals surface area (Å²) in [6, 6.07) is 14.9. The number of hydrogen-bond donors (Lipinski definition) is 3. The number of carboxylic acid groups (broad SMARTS) is 1. The summed E-state index contributed by atoms with van der Waals surface area (Å²) in [5, 5.41) is 14.6. The SMILES string of the molecule is Cc1ccccc1NC(=O)Nc1ccc(N2CCN(C(=O)O)CC2)cc1. The Morgan fingerprint density at radius 1 is 0.923 bits per heavy atom. The Labute approximate surface area is 152 Å². The first-order chi connectivity index (χ1) is 12.5. The van der Waals surface area contributed by atoms with Crippen LogP contribution in [0, 0.1) is 6.92 Å². The number of hydrogen-bond acceptors (Lipinski definition) is 3. The number of amides is 3. The molecule has 1 aliphatic heterocycles. The van der Waals surface area contributed by atoms with E-state index in [0.29, 0.717) is 31.9 Å². The molecule has 26 heavy (non-hydrogen) atoms. The summed E-state index contributed by atoms with van der Waals surface area (Å²) >= 11 is 0. The molecule has 2 aromatic carbocycles. The number of nitrogens with zero attached hydrogens (tertiary/aromatic N) is 2. The zero-order chi connectivity index (χ0) is 18.5. The van der Waals surface area contributed by atoms with Gasteiger partial charge in [-0.15, -0.1) is 0 Å². The van der Waals surface area contributed by atoms with E-state index < -0.39 is 6.09 Å². The Hall–Kier alpha value is -3.22. The van der Waals surface area contributed by atoms with Crippen LogP contribution in [0.25, 0.3) is 0 Å². The second-order valence-corrected chi connectivity index (χ2v) is 6.20. The van der Waals surface area contributed by atoms with Gasteiger partial charge >= 0.3 is 12.1 Å². The molecular formula is C19H22N4O3. The third-order valence-electron chi connectivity index (χ3n) is 4.43. The van der Waals surface area contributed by atoms with Gasteiger partial charge in [0.05, 0.1) is 0 Å². The van der Waals surface area contributed by atoms with E-state index in [4.69, 9.17) is 5.11 Å². The van der Waals surface area contributed by atoms with Gasteiger partial charge in [-0.1, -0.05) is 18.2 Å². The smallest absolute Gasteiger partial charge is 0.407 e. The van der Waals surface area contributed by atoms with Gasteiger partial charge in [0, 0.05) is 43.2 Å². The number of benzene rings is 2. The summed E-state index contributed by atoms with van der Waals surface area (Å²) in [4.78, 5) is 26.6. The molecule has 0 aromatic heterocycles. The molecular weight excluding hydrogens is 332 g/mol. The van der Waals surface area contributed by atoms with Crippen molar-refractivity contribution in [2.75, 3.05) is 41.7 Å². The maximum atomic E-state index is 12.1. The van der Waals surface area contributed by atoms with E-state index in [-0.39, 0.29) is 6.03 Å². The second kappa shape index (κ2) is 7.77. The number of carbonyl (C=O) groups is 2. The summed E-state index contributed by atoms with van der Waals surface area (Å²) in [5.41, 5.74) is 3.49. The lowest BCUT2D eigenvalue weighted by molar-refractivity contribution is 0.142. The number of anilines is 3. The molecule has 2 aromatic rings. The van der Waals surface area contributed by atoms with Crippen LogP contribution in [0.4, 0.5) is 26.7 Å². The molecule has 1 heterocycles. The minimum absolute atomic E-state index is 0.290. The van der Waals surface area contributed by atoms with Crippen LogP contribution >= 0.6 is 0 Å². The first kappa shape index (κ1) is 17.6. The van der Waals surface area contributed by atoms with Crippen molar-refractivity contribution in [2.45, 2.75) is 6.92 Å². The van der Waals surface area contributed by atoms with Crippen molar-refractivity contribution in [1.82, 2.24) is 4.90 Å². The lowest BCUT2D eigenvalue weighted by Crippen LogP contribution is -2.48. The van der Waals surface area contributed by atoms with Gasteiger partial charge in [0.25, 0.3) is 0 Å². The highest BCUT2D eigenvalue weighted by Crippen LogP contribution is 2.20. The number of rotatable bonds is 3. The van der Waals surface area contributed by atoms with E-state index in [1.165, 1.54) is 4.90 Å². The van der Waals surface area contributed by atoms with Crippen molar-refractivity contribution in [1.29, 1.82) is 0 Å². The van der Waals surface area contributed by atoms with E-state index in [1.54, 1.807) is 0 Å². The lowest BCUT2D eigenvalue weighted by atomic mass is 10.2. The largest absolute Gasteiger partial charge is 0.465 e. The summed E-state index contributed by atoms with van der Waals surface area (Å²) in [6.45, 7) is 4.25. The standard InChI is InChI=1S/C19H22N4O3/c1-14-4-2-3-5-17(14)21-18(24)20-15-6-8-16(9-7-15)22-10-12-23(13-11-22)19(25)26/h2-9H,10-13H2,1H3,(H,25,26)(H2,20,21,24). The molecule has 136 valence electrons. The minimum Gasteiger partial charge on any atom is -0.465 e. The van der Waals surface area contributed by atoms with Crippen molar-refractivity contribution in [3.8, 4) is 0 Å². The summed E-state index contributed by atoms with van der Waals surface area (Å²) in [6.07, 6.45) is -0.871. The number of piperazine rings is 1. The number of nitrogens with one attached hydrogen (secondary N) is 2. The molecule has 7 nitrogen and oxygen atoms in total. The third-order valence-corrected chi connectivity index (χ3v) is 4.43. The maximum Gasteiger partial charge on any atom is 0.407 e. The molecule has 1 aliphatic rings. The van der Waals surface area contributed by atoms with Gasteiger partial charge in [-0.05, 0) is 42.8 Å². The third kappa shape index (κ3) is 4.24. The number of carbonyl (C=O) groups excluding carboxylic acids is 1. The lowest BCUT2D eigenvalue weighted by Gasteiger charge is -2.34. The van der Waals surface area contributed by atoms with Crippen molar-refractivity contribution in [2.24, 2.45) is 0 Å². The molecule has 0 saturated carbocycles. The van der Waals surface area contributed by atoms with Crippen molar-refractivity contribution in [3.05, 3.63) is 54.1 Å². The first-order valence-corrected chi connectivity index (χ1v) is 8.49. The highest BCUT2D eigenvalue weighted by Gasteiger charge is 2.20. The van der Waals surface area contributed by atoms with Gasteiger partial charge in [-0.2, -0.15) is 0 Å². The number of urea groups is 1. The van der Waals surface area contributed by atoms with Crippen LogP contribution in [0.15, 0.2) is 48.5 Å². The normalized spacial score (nSPS) is 14.0. The van der Waals surface area contributed by atoms with Crippen molar-refractivity contribution >= 4 is 29.2 Å². The van der Waals surface area contributed by atoms with Crippen LogP contribution in [0.5, 0.6) is 0 Å². The fraction of sp³-hybridized carbons (Fsp3) is 0.263. The molecule has 0 bridgehead atoms. The average molecular weight is 354 g/mol. The Bertz CT molecular complexity index is 784. The molecule has 0 aliphatic carbocycles. The van der Waals surface area contributed by atoms with Crippen LogP contribution in [0.1, 0.15) is 5.56 Å². The van der Waals surface area contributed by atoms with Gasteiger partial charge in [0.1, 0.15) is 0 Å². The Morgan fingerprint density at radius 2 is 1.58 bits per heavy atom. The molecule has 3 amide bonds. The quantitative estimate of drug-likeness (QED) is 0.788. The van der Waals surface area contributed by atoms with Crippen LogP contribution < -0.4 is 15.5 Å². The zero-order valence-electron chi connectivity index (χ0n) is 14.6. The van der Waals surface area contributed by atoms with Gasteiger partial charge in [0.2, 0.25) is 0 Å². The fourth-order valence-corrected chi connectivity index (χ4v) is 2.91. The maximum absolute atomic E-state index is 12.1. The van der Waals surface area contributed by atoms with Crippen LogP contribution in [-0.4, -0.2) is 48.3 Å². The van der Waals surface area contributed by atoms with E-state index in [9.17, 15) is 9.59 Å². The van der Waals surface area contributed by atoms with E-state index in [1.807, 2.05) is 55.5 Å². The summed E-state index contributed by atoms with van der Waals surface area (Å²) < 4.78 is 0. The molecule has 7 heteroatoms. The fourth-order valence-electron chi connectivity index (χ4n) is 2.91. The topological polar surface area (TPSA) is 84.9 Å². The predicted octanol–water partition coefficient (Wildman–Crippen LogP) is 3.44. The van der Waals surface area contributed by atoms with Crippen LogP contribution in [0.2, 0.25) is 0 Å². The van der Waals surface area contributed by atoms with Gasteiger partial charge in [0.15, 0.2) is 0 Å². The molecule has 0 spiro atoms. The second-order valence-electron chi connectivity index (χ2n) is 6.20. The number of para-hydroxylation sites is 1. The molecule has 1 fully saturated rings. The highest BCUT2D eigenvalue weighted by atomic mass is 16.4. The summed E-state index contributed by atoms with van der Waals surface area (Å²) in [5.74, 6) is 0. The van der Waals surface area contributed by atoms with Crippen LogP contribution in [0.3, 0.4) is 0 Å². The van der Waals surface area contributed by atoms with E-state index in [0.717, 1.165) is 16.9 Å². The molecule has 0 atom stereocenters. The van der Waals surface area contributed by atoms with Crippen LogP contribution in [-0.2, 0) is 0 Å². The minimum atomic E-state index is -0.871. The summed E-state index contributed by atoms with van der Waals surface area (Å²) in [7, 11) is 0. The first-order valence-electron chi connectivity index (χ1n) is 8.49. The molecule has 3 N–H and O–H groups in total. The van der Waals surface area contributed by atoms with Gasteiger partial charge in [-0.25, -0.2) is 9.59 Å². The van der Waals surface area contributed by atoms with E-state index >= 15 is 0 Å². The molecule has 3 rings (SSSR count). The van der Waals surface area contributed by atoms with Crippen molar-refractivity contribution < 1.29 is 14.7 Å². The van der Waals surface area contributed by atoms with E-state index in [2.05, 4.69) is 15.5 Å². The average Bonchev–Trinajstić information content (AvgIpc) is 2.64. The molecule has 0 radical (unpaired) electrons. The van der Waals surface area contributed by atoms with Gasteiger partial charge < -0.3 is 25.5 Å². The monoisotopic (exact) mass is 354 g/mol. The Morgan fingerprint density at radius 3 is 2.19 bits per heavy atom. The molecule has 1 saturated heterocycles. The zero-order valence-corrected chi connectivity index (χ0v) is 14.6. The van der Waals surface area contributed by atoms with Gasteiger partial charge in [-0.3, -0.25) is 0 Å². The van der Waals surface area contributed by atoms with Crippen molar-refractivity contribution in [3.63, 3.8) is 0 Å². The predicted molar refractivity (Wildman–Crippen MR) is 102 cm³/mol.